The Morgan fingerprint density at radius 3 is 2.74 bits per heavy atom. The molecule has 4 heterocycles. The summed E-state index contributed by atoms with van der Waals surface area (Å²) in [6, 6.07) is 16.3. The number of hydrogen-bond donors (Lipinski definition) is 1. The van der Waals surface area contributed by atoms with Gasteiger partial charge >= 0.3 is 0 Å². The van der Waals surface area contributed by atoms with Gasteiger partial charge in [0.05, 0.1) is 23.7 Å². The maximum atomic E-state index is 14.2. The summed E-state index contributed by atoms with van der Waals surface area (Å²) in [6.45, 7) is 5.03. The lowest BCUT2D eigenvalue weighted by molar-refractivity contribution is -0.114. The van der Waals surface area contributed by atoms with Crippen LogP contribution in [0.25, 0.3) is 11.0 Å². The number of piperidine rings is 1. The molecule has 10 heteroatoms. The van der Waals surface area contributed by atoms with Crippen LogP contribution in [0.4, 0.5) is 15.9 Å². The van der Waals surface area contributed by atoms with Gasteiger partial charge in [0, 0.05) is 54.9 Å². The Balaban J connectivity index is 1.04. The largest absolute Gasteiger partial charge is 0.473 e. The van der Waals surface area contributed by atoms with Gasteiger partial charge in [-0.1, -0.05) is 23.7 Å². The number of benzene rings is 2. The third-order valence-corrected chi connectivity index (χ3v) is 9.20. The molecule has 8 nitrogen and oxygen atoms in total. The lowest BCUT2D eigenvalue weighted by Gasteiger charge is -2.34. The number of hydrogen-bond acceptors (Lipinski definition) is 6. The summed E-state index contributed by atoms with van der Waals surface area (Å²) in [5, 5.41) is 3.24. The molecule has 2 aromatic carbocycles. The minimum Gasteiger partial charge on any atom is -0.473 e. The van der Waals surface area contributed by atoms with Crippen molar-refractivity contribution in [2.24, 2.45) is 5.41 Å². The van der Waals surface area contributed by atoms with Gasteiger partial charge in [0.1, 0.15) is 24.1 Å². The second kappa shape index (κ2) is 10.9. The molecule has 2 aliphatic heterocycles. The third-order valence-electron chi connectivity index (χ3n) is 8.96. The number of imidazole rings is 1. The van der Waals surface area contributed by atoms with Crippen molar-refractivity contribution in [3.05, 3.63) is 76.8 Å². The van der Waals surface area contributed by atoms with Crippen LogP contribution in [0.1, 0.15) is 49.9 Å². The number of ether oxygens (including phenoxy) is 2. The molecular weight excluding hydrogens is 557 g/mol. The van der Waals surface area contributed by atoms with Crippen LogP contribution in [-0.2, 0) is 22.7 Å². The van der Waals surface area contributed by atoms with Crippen LogP contribution in [0.5, 0.6) is 5.88 Å². The van der Waals surface area contributed by atoms with E-state index in [-0.39, 0.29) is 29.9 Å². The molecule has 0 radical (unpaired) electrons. The summed E-state index contributed by atoms with van der Waals surface area (Å²) >= 11 is 5.86. The highest BCUT2D eigenvalue weighted by Crippen LogP contribution is 2.65. The predicted octanol–water partition coefficient (Wildman–Crippen LogP) is 6.32. The number of anilines is 2. The van der Waals surface area contributed by atoms with E-state index in [9.17, 15) is 9.18 Å². The molecule has 3 fully saturated rings. The lowest BCUT2D eigenvalue weighted by atomic mass is 9.90. The second-order valence-electron chi connectivity index (χ2n) is 11.7. The van der Waals surface area contributed by atoms with Gasteiger partial charge in [0.15, 0.2) is 0 Å². The topological polar surface area (TPSA) is 81.5 Å². The van der Waals surface area contributed by atoms with Crippen molar-refractivity contribution in [1.82, 2.24) is 14.5 Å². The molecule has 2 atom stereocenters. The Hall–Kier alpha value is -3.69. The molecule has 1 aliphatic carbocycles. The Morgan fingerprint density at radius 2 is 2.00 bits per heavy atom. The first-order valence-corrected chi connectivity index (χ1v) is 14.9. The van der Waals surface area contributed by atoms with Crippen LogP contribution in [-0.4, -0.2) is 46.2 Å². The maximum absolute atomic E-state index is 14.2. The highest BCUT2D eigenvalue weighted by atomic mass is 35.5. The van der Waals surface area contributed by atoms with Crippen molar-refractivity contribution in [1.29, 1.82) is 0 Å². The Morgan fingerprint density at radius 1 is 1.17 bits per heavy atom. The van der Waals surface area contributed by atoms with Crippen LogP contribution >= 0.6 is 11.6 Å². The molecule has 1 amide bonds. The highest BCUT2D eigenvalue weighted by Gasteiger charge is 2.57. The third kappa shape index (κ3) is 5.31. The second-order valence-corrected chi connectivity index (χ2v) is 12.1. The summed E-state index contributed by atoms with van der Waals surface area (Å²) in [6.07, 6.45) is 4.53. The summed E-state index contributed by atoms with van der Waals surface area (Å²) in [4.78, 5) is 23.8. The summed E-state index contributed by atoms with van der Waals surface area (Å²) in [7, 11) is 0. The van der Waals surface area contributed by atoms with Gasteiger partial charge in [0.2, 0.25) is 11.8 Å². The van der Waals surface area contributed by atoms with Gasteiger partial charge in [-0.3, -0.25) is 4.79 Å². The first-order chi connectivity index (χ1) is 20.4. The van der Waals surface area contributed by atoms with Crippen molar-refractivity contribution in [3.63, 3.8) is 0 Å². The molecule has 7 rings (SSSR count). The van der Waals surface area contributed by atoms with E-state index in [2.05, 4.69) is 20.9 Å². The van der Waals surface area contributed by atoms with Crippen LogP contribution < -0.4 is 15.0 Å². The van der Waals surface area contributed by atoms with Crippen LogP contribution in [0.15, 0.2) is 54.6 Å². The minimum absolute atomic E-state index is 0.0868. The fourth-order valence-electron chi connectivity index (χ4n) is 6.42. The van der Waals surface area contributed by atoms with E-state index < -0.39 is 0 Å². The average Bonchev–Trinajstić information content (AvgIpc) is 3.51. The monoisotopic (exact) mass is 589 g/mol. The van der Waals surface area contributed by atoms with Crippen LogP contribution in [0, 0.1) is 11.2 Å². The summed E-state index contributed by atoms with van der Waals surface area (Å²) < 4.78 is 28.1. The fraction of sp³-hybridized carbons (Fsp3) is 0.406. The van der Waals surface area contributed by atoms with Gasteiger partial charge in [-0.25, -0.2) is 9.37 Å². The van der Waals surface area contributed by atoms with Crippen molar-refractivity contribution < 1.29 is 18.7 Å². The number of pyridine rings is 1. The molecule has 3 aliphatic rings. The van der Waals surface area contributed by atoms with E-state index in [0.29, 0.717) is 22.4 Å². The molecule has 0 bridgehead atoms. The fourth-order valence-corrected chi connectivity index (χ4v) is 6.58. The predicted molar refractivity (Wildman–Crippen MR) is 160 cm³/mol. The number of nitrogens with zero attached hydrogens (tertiary/aromatic N) is 4. The number of amides is 1. The zero-order valence-corrected chi connectivity index (χ0v) is 24.2. The van der Waals surface area contributed by atoms with Crippen molar-refractivity contribution in [3.8, 4) is 5.88 Å². The normalized spacial score (nSPS) is 20.9. The number of aromatic nitrogens is 3. The molecule has 4 aromatic rings. The van der Waals surface area contributed by atoms with E-state index >= 15 is 0 Å². The van der Waals surface area contributed by atoms with Crippen molar-refractivity contribution >= 4 is 40.0 Å². The first kappa shape index (κ1) is 27.2. The smallest absolute Gasteiger partial charge is 0.221 e. The van der Waals surface area contributed by atoms with Gasteiger partial charge < -0.3 is 24.3 Å². The van der Waals surface area contributed by atoms with Crippen molar-refractivity contribution in [2.75, 3.05) is 29.9 Å². The Labute approximate surface area is 248 Å². The van der Waals surface area contributed by atoms with E-state index in [0.717, 1.165) is 80.3 Å². The van der Waals surface area contributed by atoms with Crippen LogP contribution in [0.3, 0.4) is 0 Å². The van der Waals surface area contributed by atoms with Gasteiger partial charge in [-0.15, -0.1) is 0 Å². The number of carbonyl (C=O) groups excluding carboxylic acids is 1. The van der Waals surface area contributed by atoms with Gasteiger partial charge in [-0.05, 0) is 67.5 Å². The number of rotatable bonds is 8. The lowest BCUT2D eigenvalue weighted by Crippen LogP contribution is -2.36. The van der Waals surface area contributed by atoms with E-state index in [1.165, 1.54) is 13.0 Å². The Kier molecular flexibility index (Phi) is 7.02. The zero-order valence-electron chi connectivity index (χ0n) is 23.5. The molecule has 1 N–H and O–H groups in total. The molecule has 2 saturated heterocycles. The minimum atomic E-state index is -0.388. The first-order valence-electron chi connectivity index (χ1n) is 14.5. The maximum Gasteiger partial charge on any atom is 0.221 e. The molecule has 218 valence electrons. The SMILES string of the molecule is CC(=O)Nc1ccc2c(c1)nc(C1CC13CCN(c1cccc(OCc4ccc(Cl)cc4F)n1)CC3)n2CC1CCO1. The van der Waals surface area contributed by atoms with E-state index in [4.69, 9.17) is 31.0 Å². The number of halogens is 2. The summed E-state index contributed by atoms with van der Waals surface area (Å²) in [5.41, 5.74) is 3.44. The van der Waals surface area contributed by atoms with E-state index in [1.807, 2.05) is 24.3 Å². The van der Waals surface area contributed by atoms with Gasteiger partial charge in [-0.2, -0.15) is 4.98 Å². The molecule has 2 unspecified atom stereocenters. The highest BCUT2D eigenvalue weighted by molar-refractivity contribution is 6.30. The molecule has 1 saturated carbocycles. The number of nitrogens with one attached hydrogen (secondary N) is 1. The van der Waals surface area contributed by atoms with Crippen molar-refractivity contribution in [2.45, 2.75) is 57.8 Å². The zero-order chi connectivity index (χ0) is 28.8. The summed E-state index contributed by atoms with van der Waals surface area (Å²) in [5.74, 6) is 2.39. The van der Waals surface area contributed by atoms with E-state index in [1.54, 1.807) is 18.2 Å². The molecule has 42 heavy (non-hydrogen) atoms. The Bertz CT molecular complexity index is 1650. The van der Waals surface area contributed by atoms with Gasteiger partial charge in [0.25, 0.3) is 0 Å². The molecule has 1 spiro atoms. The standard InChI is InChI=1S/C32H33ClFN5O3/c1-20(40)35-23-7-8-28-27(16-23)36-31(39(28)18-24-9-14-41-24)25-17-32(25)10-12-38(13-11-32)29-3-2-4-30(37-29)42-19-21-5-6-22(33)15-26(21)34/h2-8,15-16,24-25H,9-14,17-19H2,1H3,(H,35,40). The average molecular weight is 590 g/mol. The van der Waals surface area contributed by atoms with Crippen LogP contribution in [0.2, 0.25) is 5.02 Å². The number of carbonyl (C=O) groups is 1. The number of fused-ring (bicyclic) bond motifs is 1. The quantitative estimate of drug-likeness (QED) is 0.259. The molecule has 2 aromatic heterocycles. The molecular formula is C32H33ClFN5O3.